The number of carbonyl (C=O) groups is 2. The Morgan fingerprint density at radius 2 is 1.71 bits per heavy atom. The third-order valence-electron chi connectivity index (χ3n) is 4.93. The second-order valence-electron chi connectivity index (χ2n) is 7.35. The molecule has 0 aliphatic heterocycles. The zero-order valence-electron chi connectivity index (χ0n) is 18.3. The molecule has 2 aromatic rings. The molecule has 2 amide bonds. The highest BCUT2D eigenvalue weighted by Gasteiger charge is 2.29. The number of hydrogen-bond acceptors (Lipinski definition) is 3. The van der Waals surface area contributed by atoms with Crippen molar-refractivity contribution in [3.05, 3.63) is 63.6 Å². The van der Waals surface area contributed by atoms with E-state index in [9.17, 15) is 9.59 Å². The van der Waals surface area contributed by atoms with Gasteiger partial charge in [0.05, 0.1) is 0 Å². The minimum Gasteiger partial charge on any atom is -0.354 e. The zero-order chi connectivity index (χ0) is 22.8. The number of benzene rings is 2. The minimum atomic E-state index is -0.573. The van der Waals surface area contributed by atoms with Gasteiger partial charge in [0.15, 0.2) is 0 Å². The van der Waals surface area contributed by atoms with Crippen LogP contribution >= 0.6 is 35.0 Å². The average molecular weight is 481 g/mol. The summed E-state index contributed by atoms with van der Waals surface area (Å²) in [6.45, 7) is 6.73. The van der Waals surface area contributed by atoms with Gasteiger partial charge in [0.2, 0.25) is 11.8 Å². The zero-order valence-corrected chi connectivity index (χ0v) is 20.6. The molecule has 0 saturated heterocycles. The summed E-state index contributed by atoms with van der Waals surface area (Å²) in [6.07, 6.45) is 1.66. The van der Waals surface area contributed by atoms with E-state index in [1.165, 1.54) is 5.56 Å². The van der Waals surface area contributed by atoms with Gasteiger partial charge in [-0.2, -0.15) is 0 Å². The van der Waals surface area contributed by atoms with E-state index >= 15 is 0 Å². The van der Waals surface area contributed by atoms with Crippen molar-refractivity contribution in [2.75, 3.05) is 12.3 Å². The van der Waals surface area contributed by atoms with Crippen molar-refractivity contribution in [1.82, 2.24) is 10.2 Å². The Balaban J connectivity index is 2.17. The summed E-state index contributed by atoms with van der Waals surface area (Å²) < 4.78 is 0. The molecule has 0 saturated carbocycles. The Morgan fingerprint density at radius 1 is 1.06 bits per heavy atom. The van der Waals surface area contributed by atoms with E-state index in [-0.39, 0.29) is 18.4 Å². The molecule has 0 heterocycles. The van der Waals surface area contributed by atoms with Crippen LogP contribution in [0.1, 0.15) is 44.2 Å². The molecule has 0 fully saturated rings. The van der Waals surface area contributed by atoms with Crippen LogP contribution < -0.4 is 5.32 Å². The fourth-order valence-electron chi connectivity index (χ4n) is 3.17. The number of amides is 2. The first-order valence-electron chi connectivity index (χ1n) is 10.6. The molecular formula is C24H30Cl2N2O2S. The summed E-state index contributed by atoms with van der Waals surface area (Å²) in [5, 5.41) is 3.89. The van der Waals surface area contributed by atoms with Gasteiger partial charge in [-0.3, -0.25) is 9.59 Å². The first-order chi connectivity index (χ1) is 14.9. The van der Waals surface area contributed by atoms with Gasteiger partial charge in [-0.15, -0.1) is 11.8 Å². The predicted molar refractivity (Wildman–Crippen MR) is 131 cm³/mol. The van der Waals surface area contributed by atoms with Crippen LogP contribution in [-0.4, -0.2) is 35.1 Å². The summed E-state index contributed by atoms with van der Waals surface area (Å²) in [5.74, 6) is 0.392. The highest BCUT2D eigenvalue weighted by atomic mass is 35.5. The molecule has 4 nitrogen and oxygen atoms in total. The van der Waals surface area contributed by atoms with E-state index in [2.05, 4.69) is 29.6 Å². The highest BCUT2D eigenvalue weighted by molar-refractivity contribution is 7.99. The van der Waals surface area contributed by atoms with Crippen molar-refractivity contribution in [1.29, 1.82) is 0 Å². The number of rotatable bonds is 11. The maximum Gasteiger partial charge on any atom is 0.242 e. The molecule has 0 spiro atoms. The van der Waals surface area contributed by atoms with Crippen LogP contribution in [0.25, 0.3) is 0 Å². The molecule has 2 rings (SSSR count). The van der Waals surface area contributed by atoms with E-state index < -0.39 is 6.04 Å². The Labute approximate surface area is 199 Å². The van der Waals surface area contributed by atoms with E-state index in [1.807, 2.05) is 20.8 Å². The largest absolute Gasteiger partial charge is 0.354 e. The van der Waals surface area contributed by atoms with Crippen LogP contribution in [0.2, 0.25) is 10.0 Å². The van der Waals surface area contributed by atoms with Gasteiger partial charge >= 0.3 is 0 Å². The molecule has 0 aromatic heterocycles. The van der Waals surface area contributed by atoms with E-state index in [4.69, 9.17) is 23.2 Å². The fraction of sp³-hybridized carbons (Fsp3) is 0.417. The third kappa shape index (κ3) is 7.74. The van der Waals surface area contributed by atoms with Crippen LogP contribution in [0, 0.1) is 6.92 Å². The number of thioether (sulfide) groups is 1. The second kappa shape index (κ2) is 13.0. The van der Waals surface area contributed by atoms with Crippen molar-refractivity contribution in [2.45, 2.75) is 57.5 Å². The molecule has 0 aliphatic rings. The van der Waals surface area contributed by atoms with Crippen molar-refractivity contribution in [3.63, 3.8) is 0 Å². The quantitative estimate of drug-likeness (QED) is 0.394. The van der Waals surface area contributed by atoms with Crippen LogP contribution in [0.3, 0.4) is 0 Å². The van der Waals surface area contributed by atoms with Gasteiger partial charge < -0.3 is 10.2 Å². The minimum absolute atomic E-state index is 0.0888. The molecule has 0 unspecified atom stereocenters. The molecule has 7 heteroatoms. The SMILES string of the molecule is CCCNC(=O)[C@@H](CC)N(Cc1c(Cl)cccc1Cl)C(=O)CCSc1ccc(C)cc1. The Morgan fingerprint density at radius 3 is 2.29 bits per heavy atom. The topological polar surface area (TPSA) is 49.4 Å². The van der Waals surface area contributed by atoms with Crippen LogP contribution in [-0.2, 0) is 16.1 Å². The van der Waals surface area contributed by atoms with E-state index in [0.717, 1.165) is 11.3 Å². The Hall–Kier alpha value is -1.69. The maximum absolute atomic E-state index is 13.2. The van der Waals surface area contributed by atoms with Gasteiger partial charge in [0, 0.05) is 45.8 Å². The highest BCUT2D eigenvalue weighted by Crippen LogP contribution is 2.28. The molecule has 0 radical (unpaired) electrons. The summed E-state index contributed by atoms with van der Waals surface area (Å²) in [7, 11) is 0. The lowest BCUT2D eigenvalue weighted by Gasteiger charge is -2.31. The molecular weight excluding hydrogens is 451 g/mol. The molecule has 168 valence electrons. The number of carbonyl (C=O) groups excluding carboxylic acids is 2. The fourth-order valence-corrected chi connectivity index (χ4v) is 4.53. The third-order valence-corrected chi connectivity index (χ3v) is 6.65. The summed E-state index contributed by atoms with van der Waals surface area (Å²) in [4.78, 5) is 28.8. The smallest absolute Gasteiger partial charge is 0.242 e. The number of hydrogen-bond donors (Lipinski definition) is 1. The Bertz CT molecular complexity index is 854. The van der Waals surface area contributed by atoms with Gasteiger partial charge in [0.1, 0.15) is 6.04 Å². The van der Waals surface area contributed by atoms with Crippen molar-refractivity contribution in [3.8, 4) is 0 Å². The molecule has 0 aliphatic carbocycles. The first-order valence-corrected chi connectivity index (χ1v) is 12.3. The van der Waals surface area contributed by atoms with Crippen molar-refractivity contribution < 1.29 is 9.59 Å². The molecule has 31 heavy (non-hydrogen) atoms. The normalized spacial score (nSPS) is 11.8. The molecule has 1 N–H and O–H groups in total. The van der Waals surface area contributed by atoms with Crippen LogP contribution in [0.15, 0.2) is 47.4 Å². The average Bonchev–Trinajstić information content (AvgIpc) is 2.75. The lowest BCUT2D eigenvalue weighted by atomic mass is 10.1. The summed E-state index contributed by atoms with van der Waals surface area (Å²) >= 11 is 14.3. The maximum atomic E-state index is 13.2. The number of nitrogens with zero attached hydrogens (tertiary/aromatic N) is 1. The molecule has 1 atom stereocenters. The Kier molecular flexibility index (Phi) is 10.7. The van der Waals surface area contributed by atoms with Gasteiger partial charge in [-0.1, -0.05) is 60.8 Å². The summed E-state index contributed by atoms with van der Waals surface area (Å²) in [5.41, 5.74) is 1.86. The van der Waals surface area contributed by atoms with Crippen molar-refractivity contribution >= 4 is 46.8 Å². The van der Waals surface area contributed by atoms with Crippen LogP contribution in [0.5, 0.6) is 0 Å². The summed E-state index contributed by atoms with van der Waals surface area (Å²) in [6, 6.07) is 12.9. The molecule has 0 bridgehead atoms. The van der Waals surface area contributed by atoms with Gasteiger partial charge in [-0.25, -0.2) is 0 Å². The van der Waals surface area contributed by atoms with Gasteiger partial charge in [0.25, 0.3) is 0 Å². The lowest BCUT2D eigenvalue weighted by Crippen LogP contribution is -2.49. The van der Waals surface area contributed by atoms with Crippen molar-refractivity contribution in [2.24, 2.45) is 0 Å². The van der Waals surface area contributed by atoms with Crippen LogP contribution in [0.4, 0.5) is 0 Å². The number of aryl methyl sites for hydroxylation is 1. The predicted octanol–water partition coefficient (Wildman–Crippen LogP) is 6.12. The number of halogens is 2. The van der Waals surface area contributed by atoms with E-state index in [0.29, 0.717) is 40.7 Å². The standard InChI is InChI=1S/C24H30Cl2N2O2S/c1-4-14-27-24(30)22(5-2)28(16-19-20(25)7-6-8-21(19)26)23(29)13-15-31-18-11-9-17(3)10-12-18/h6-12,22H,4-5,13-16H2,1-3H3,(H,27,30)/t22-/m1/s1. The monoisotopic (exact) mass is 480 g/mol. The van der Waals surface area contributed by atoms with Gasteiger partial charge in [-0.05, 0) is 44.0 Å². The second-order valence-corrected chi connectivity index (χ2v) is 9.33. The first kappa shape index (κ1) is 25.6. The number of nitrogens with one attached hydrogen (secondary N) is 1. The molecule has 2 aromatic carbocycles. The van der Waals surface area contributed by atoms with E-state index in [1.54, 1.807) is 34.9 Å². The lowest BCUT2D eigenvalue weighted by molar-refractivity contribution is -0.141.